The van der Waals surface area contributed by atoms with Crippen LogP contribution in [0, 0.1) is 6.92 Å². The Bertz CT molecular complexity index is 913. The van der Waals surface area contributed by atoms with Gasteiger partial charge in [0.25, 0.3) is 0 Å². The monoisotopic (exact) mass is 403 g/mol. The summed E-state index contributed by atoms with van der Waals surface area (Å²) in [5.41, 5.74) is 1.88. The Hall–Kier alpha value is -2.71. The van der Waals surface area contributed by atoms with Crippen molar-refractivity contribution in [1.82, 2.24) is 14.9 Å². The average molecular weight is 404 g/mol. The van der Waals surface area contributed by atoms with E-state index in [1.807, 2.05) is 31.2 Å². The van der Waals surface area contributed by atoms with Gasteiger partial charge < -0.3 is 15.9 Å². The molecule has 0 saturated carbocycles. The summed E-state index contributed by atoms with van der Waals surface area (Å²) in [5.74, 6) is 7.10. The van der Waals surface area contributed by atoms with Gasteiger partial charge in [-0.3, -0.25) is 4.79 Å². The van der Waals surface area contributed by atoms with Crippen LogP contribution in [0.2, 0.25) is 5.02 Å². The zero-order chi connectivity index (χ0) is 19.2. The third kappa shape index (κ3) is 5.38. The lowest BCUT2D eigenvalue weighted by Crippen LogP contribution is -2.18. The summed E-state index contributed by atoms with van der Waals surface area (Å²) >= 11 is 7.04. The van der Waals surface area contributed by atoms with Gasteiger partial charge in [-0.25, -0.2) is 4.68 Å². The number of amides is 1. The lowest BCUT2D eigenvalue weighted by atomic mass is 10.2. The van der Waals surface area contributed by atoms with Gasteiger partial charge in [0.2, 0.25) is 11.1 Å². The van der Waals surface area contributed by atoms with Crippen LogP contribution in [0.5, 0.6) is 5.75 Å². The second-order valence-corrected chi connectivity index (χ2v) is 7.09. The zero-order valence-electron chi connectivity index (χ0n) is 14.6. The van der Waals surface area contributed by atoms with E-state index < -0.39 is 0 Å². The van der Waals surface area contributed by atoms with Crippen molar-refractivity contribution in [3.05, 3.63) is 64.9 Å². The third-order valence-corrected chi connectivity index (χ3v) is 4.78. The molecule has 3 rings (SSSR count). The number of nitrogens with zero attached hydrogens (tertiary/aromatic N) is 3. The van der Waals surface area contributed by atoms with Gasteiger partial charge in [-0.1, -0.05) is 41.1 Å². The molecule has 9 heteroatoms. The molecule has 0 spiro atoms. The number of anilines is 1. The number of halogens is 1. The molecule has 0 unspecified atom stereocenters. The van der Waals surface area contributed by atoms with Crippen molar-refractivity contribution in [2.45, 2.75) is 18.7 Å². The van der Waals surface area contributed by atoms with E-state index in [-0.39, 0.29) is 18.3 Å². The van der Waals surface area contributed by atoms with E-state index >= 15 is 0 Å². The molecule has 1 aromatic heterocycles. The molecule has 7 nitrogen and oxygen atoms in total. The summed E-state index contributed by atoms with van der Waals surface area (Å²) in [7, 11) is 0. The van der Waals surface area contributed by atoms with Crippen LogP contribution in [0.4, 0.5) is 5.69 Å². The van der Waals surface area contributed by atoms with E-state index in [0.717, 1.165) is 11.3 Å². The van der Waals surface area contributed by atoms with Crippen molar-refractivity contribution < 1.29 is 9.53 Å². The minimum Gasteiger partial charge on any atom is -0.486 e. The van der Waals surface area contributed by atoms with Crippen LogP contribution in [-0.4, -0.2) is 26.5 Å². The Balaban J connectivity index is 1.51. The van der Waals surface area contributed by atoms with Crippen molar-refractivity contribution in [3.63, 3.8) is 0 Å². The molecule has 0 fully saturated rings. The molecule has 1 amide bonds. The first-order chi connectivity index (χ1) is 13.0. The van der Waals surface area contributed by atoms with Crippen molar-refractivity contribution in [2.24, 2.45) is 0 Å². The topological polar surface area (TPSA) is 95.1 Å². The Morgan fingerprint density at radius 1 is 1.19 bits per heavy atom. The molecule has 140 valence electrons. The van der Waals surface area contributed by atoms with Gasteiger partial charge >= 0.3 is 0 Å². The predicted octanol–water partition coefficient (Wildman–Crippen LogP) is 3.26. The highest BCUT2D eigenvalue weighted by atomic mass is 35.5. The van der Waals surface area contributed by atoms with Gasteiger partial charge in [0.05, 0.1) is 5.75 Å². The summed E-state index contributed by atoms with van der Waals surface area (Å²) in [6.45, 7) is 2.14. The number of nitrogen functional groups attached to an aromatic ring is 1. The Morgan fingerprint density at radius 2 is 1.89 bits per heavy atom. The van der Waals surface area contributed by atoms with Crippen molar-refractivity contribution >= 4 is 35.0 Å². The van der Waals surface area contributed by atoms with E-state index in [0.29, 0.717) is 21.8 Å². The smallest absolute Gasteiger partial charge is 0.234 e. The molecular weight excluding hydrogens is 386 g/mol. The van der Waals surface area contributed by atoms with Gasteiger partial charge in [0.1, 0.15) is 12.4 Å². The van der Waals surface area contributed by atoms with Crippen LogP contribution in [0.25, 0.3) is 0 Å². The van der Waals surface area contributed by atoms with Crippen LogP contribution < -0.4 is 15.9 Å². The summed E-state index contributed by atoms with van der Waals surface area (Å²) in [6, 6.07) is 14.6. The first-order valence-electron chi connectivity index (χ1n) is 8.08. The molecule has 0 atom stereocenters. The fourth-order valence-electron chi connectivity index (χ4n) is 2.15. The number of benzene rings is 2. The highest BCUT2D eigenvalue weighted by molar-refractivity contribution is 7.99. The van der Waals surface area contributed by atoms with Crippen LogP contribution in [-0.2, 0) is 11.4 Å². The van der Waals surface area contributed by atoms with E-state index in [1.54, 1.807) is 24.3 Å². The van der Waals surface area contributed by atoms with Gasteiger partial charge in [-0.05, 0) is 43.3 Å². The number of hydrogen-bond acceptors (Lipinski definition) is 6. The molecule has 0 radical (unpaired) electrons. The maximum atomic E-state index is 12.1. The predicted molar refractivity (Wildman–Crippen MR) is 106 cm³/mol. The zero-order valence-corrected chi connectivity index (χ0v) is 16.1. The third-order valence-electron chi connectivity index (χ3n) is 3.58. The van der Waals surface area contributed by atoms with Crippen molar-refractivity contribution in [2.75, 3.05) is 16.9 Å². The van der Waals surface area contributed by atoms with E-state index in [1.165, 1.54) is 16.4 Å². The largest absolute Gasteiger partial charge is 0.486 e. The molecule has 0 aliphatic heterocycles. The van der Waals surface area contributed by atoms with Crippen molar-refractivity contribution in [1.29, 1.82) is 0 Å². The number of nitrogens with two attached hydrogens (primary N) is 1. The first-order valence-corrected chi connectivity index (χ1v) is 9.44. The number of thioether (sulfide) groups is 1. The highest BCUT2D eigenvalue weighted by Crippen LogP contribution is 2.19. The molecule has 0 saturated heterocycles. The number of carbonyl (C=O) groups excluding carboxylic acids is 1. The number of rotatable bonds is 7. The minimum absolute atomic E-state index is 0.147. The van der Waals surface area contributed by atoms with Gasteiger partial charge in [-0.2, -0.15) is 0 Å². The number of ether oxygens (including phenoxy) is 1. The van der Waals surface area contributed by atoms with Gasteiger partial charge in [0.15, 0.2) is 5.82 Å². The van der Waals surface area contributed by atoms with Crippen molar-refractivity contribution in [3.8, 4) is 5.75 Å². The Kier molecular flexibility index (Phi) is 6.20. The number of carbonyl (C=O) groups is 1. The molecular formula is C18H18ClN5O2S. The normalized spacial score (nSPS) is 10.6. The number of nitrogens with one attached hydrogen (secondary N) is 1. The number of aromatic nitrogens is 3. The maximum Gasteiger partial charge on any atom is 0.234 e. The highest BCUT2D eigenvalue weighted by Gasteiger charge is 2.13. The van der Waals surface area contributed by atoms with E-state index in [4.69, 9.17) is 22.2 Å². The van der Waals surface area contributed by atoms with Crippen LogP contribution in [0.3, 0.4) is 0 Å². The quantitative estimate of drug-likeness (QED) is 0.464. The molecule has 27 heavy (non-hydrogen) atoms. The molecule has 0 aliphatic carbocycles. The van der Waals surface area contributed by atoms with Gasteiger partial charge in [-0.15, -0.1) is 10.2 Å². The van der Waals surface area contributed by atoms with E-state index in [9.17, 15) is 4.79 Å². The Morgan fingerprint density at radius 3 is 2.59 bits per heavy atom. The molecule has 0 bridgehead atoms. The molecule has 3 aromatic rings. The maximum absolute atomic E-state index is 12.1. The first kappa shape index (κ1) is 19.1. The molecule has 1 heterocycles. The lowest BCUT2D eigenvalue weighted by molar-refractivity contribution is -0.113. The minimum atomic E-state index is -0.147. The van der Waals surface area contributed by atoms with Crippen LogP contribution in [0.15, 0.2) is 53.7 Å². The van der Waals surface area contributed by atoms with Crippen LogP contribution >= 0.6 is 23.4 Å². The lowest BCUT2D eigenvalue weighted by Gasteiger charge is -2.07. The molecule has 0 aliphatic rings. The number of aryl methyl sites for hydroxylation is 1. The number of hydrogen-bond donors (Lipinski definition) is 2. The fraction of sp³-hybridized carbons (Fsp3) is 0.167. The fourth-order valence-corrected chi connectivity index (χ4v) is 2.95. The second kappa shape index (κ2) is 8.79. The molecule has 2 aromatic carbocycles. The SMILES string of the molecule is Cc1ccc(NC(=O)CSc2nnc(COc3ccc(Cl)cc3)n2N)cc1. The summed E-state index contributed by atoms with van der Waals surface area (Å²) in [5, 5.41) is 11.9. The van der Waals surface area contributed by atoms with Gasteiger partial charge in [0, 0.05) is 10.7 Å². The molecule has 3 N–H and O–H groups in total. The Labute approximate surface area is 165 Å². The van der Waals surface area contributed by atoms with Crippen LogP contribution in [0.1, 0.15) is 11.4 Å². The summed E-state index contributed by atoms with van der Waals surface area (Å²) in [4.78, 5) is 12.1. The summed E-state index contributed by atoms with van der Waals surface area (Å²) in [6.07, 6.45) is 0. The average Bonchev–Trinajstić information content (AvgIpc) is 3.01. The van der Waals surface area contributed by atoms with E-state index in [2.05, 4.69) is 15.5 Å². The second-order valence-electron chi connectivity index (χ2n) is 5.71. The standard InChI is InChI=1S/C18H18ClN5O2S/c1-12-2-6-14(7-3-12)21-17(25)11-27-18-23-22-16(24(18)20)10-26-15-8-4-13(19)5-9-15/h2-9H,10-11,20H2,1H3,(H,21,25). The summed E-state index contributed by atoms with van der Waals surface area (Å²) < 4.78 is 6.92.